The first-order valence-corrected chi connectivity index (χ1v) is 11.2. The summed E-state index contributed by atoms with van der Waals surface area (Å²) < 4.78 is 75.5. The number of para-hydroxylation sites is 1. The Kier molecular flexibility index (Phi) is 6.93. The summed E-state index contributed by atoms with van der Waals surface area (Å²) >= 11 is 5.91. The molecule has 0 radical (unpaired) electrons. The zero-order chi connectivity index (χ0) is 26.4. The van der Waals surface area contributed by atoms with E-state index < -0.39 is 52.9 Å². The van der Waals surface area contributed by atoms with Gasteiger partial charge in [0.15, 0.2) is 17.8 Å². The number of benzene rings is 2. The molecule has 3 aromatic rings. The summed E-state index contributed by atoms with van der Waals surface area (Å²) in [6.07, 6.45) is -6.65. The van der Waals surface area contributed by atoms with Gasteiger partial charge in [0.05, 0.1) is 27.9 Å². The molecule has 1 fully saturated rings. The Morgan fingerprint density at radius 2 is 1.92 bits per heavy atom. The van der Waals surface area contributed by atoms with E-state index in [-0.39, 0.29) is 28.3 Å². The van der Waals surface area contributed by atoms with E-state index in [1.165, 1.54) is 23.7 Å². The lowest BCUT2D eigenvalue weighted by Gasteiger charge is -2.20. The number of hydrogen-bond donors (Lipinski definition) is 2. The van der Waals surface area contributed by atoms with E-state index in [1.54, 1.807) is 0 Å². The number of aliphatic hydroxyl groups is 1. The fourth-order valence-electron chi connectivity index (χ4n) is 3.38. The SMILES string of the molecule is CC(O)c1nc(-c2cc(OC(C)C(F)(F)F)c(C(=O)Nc3c(F)cccc3Cl)cc2F)nn1C1CC1. The number of anilines is 1. The molecule has 2 aromatic carbocycles. The van der Waals surface area contributed by atoms with Crippen molar-refractivity contribution in [2.45, 2.75) is 51.1 Å². The number of alkyl halides is 3. The lowest BCUT2D eigenvalue weighted by molar-refractivity contribution is -0.189. The monoisotopic (exact) mass is 530 g/mol. The Morgan fingerprint density at radius 3 is 2.50 bits per heavy atom. The molecular weight excluding hydrogens is 511 g/mol. The molecule has 1 aromatic heterocycles. The second-order valence-corrected chi connectivity index (χ2v) is 8.73. The molecule has 13 heteroatoms. The molecule has 7 nitrogen and oxygen atoms in total. The summed E-state index contributed by atoms with van der Waals surface area (Å²) in [4.78, 5) is 17.0. The van der Waals surface area contributed by atoms with E-state index in [0.717, 1.165) is 25.0 Å². The van der Waals surface area contributed by atoms with Gasteiger partial charge in [-0.25, -0.2) is 18.4 Å². The van der Waals surface area contributed by atoms with Crippen LogP contribution in [0.5, 0.6) is 5.75 Å². The normalized spacial score (nSPS) is 15.5. The number of rotatable bonds is 7. The van der Waals surface area contributed by atoms with Crippen molar-refractivity contribution in [3.8, 4) is 17.1 Å². The Balaban J connectivity index is 1.79. The summed E-state index contributed by atoms with van der Waals surface area (Å²) in [7, 11) is 0. The van der Waals surface area contributed by atoms with Gasteiger partial charge in [-0.15, -0.1) is 0 Å². The molecule has 2 unspecified atom stereocenters. The van der Waals surface area contributed by atoms with Crippen molar-refractivity contribution in [1.29, 1.82) is 0 Å². The number of amides is 1. The maximum Gasteiger partial charge on any atom is 0.425 e. The van der Waals surface area contributed by atoms with Crippen LogP contribution in [0, 0.1) is 11.6 Å². The van der Waals surface area contributed by atoms with E-state index >= 15 is 4.39 Å². The van der Waals surface area contributed by atoms with Crippen molar-refractivity contribution in [3.05, 3.63) is 58.4 Å². The van der Waals surface area contributed by atoms with Gasteiger partial charge in [0, 0.05) is 0 Å². The van der Waals surface area contributed by atoms with Gasteiger partial charge in [0.1, 0.15) is 23.5 Å². The Labute approximate surface area is 206 Å². The average molecular weight is 531 g/mol. The van der Waals surface area contributed by atoms with Crippen LogP contribution in [-0.2, 0) is 0 Å². The summed E-state index contributed by atoms with van der Waals surface area (Å²) in [6.45, 7) is 2.16. The molecule has 2 atom stereocenters. The van der Waals surface area contributed by atoms with Gasteiger partial charge in [0.25, 0.3) is 5.91 Å². The zero-order valence-electron chi connectivity index (χ0n) is 18.9. The Hall–Kier alpha value is -3.25. The molecule has 1 aliphatic rings. The predicted molar refractivity (Wildman–Crippen MR) is 120 cm³/mol. The fourth-order valence-corrected chi connectivity index (χ4v) is 3.59. The number of carbonyl (C=O) groups excluding carboxylic acids is 1. The first-order valence-electron chi connectivity index (χ1n) is 10.8. The third kappa shape index (κ3) is 5.29. The average Bonchev–Trinajstić information content (AvgIpc) is 3.54. The zero-order valence-corrected chi connectivity index (χ0v) is 19.7. The summed E-state index contributed by atoms with van der Waals surface area (Å²) in [5, 5.41) is 16.2. The van der Waals surface area contributed by atoms with Crippen LogP contribution in [0.2, 0.25) is 5.02 Å². The quantitative estimate of drug-likeness (QED) is 0.374. The Morgan fingerprint density at radius 1 is 1.22 bits per heavy atom. The predicted octanol–water partition coefficient (Wildman–Crippen LogP) is 5.85. The van der Waals surface area contributed by atoms with Crippen molar-refractivity contribution < 1.29 is 36.6 Å². The summed E-state index contributed by atoms with van der Waals surface area (Å²) in [5.74, 6) is -3.78. The van der Waals surface area contributed by atoms with Crippen LogP contribution in [0.4, 0.5) is 27.6 Å². The smallest absolute Gasteiger partial charge is 0.425 e. The Bertz CT molecular complexity index is 1270. The fraction of sp³-hybridized carbons (Fsp3) is 0.348. The minimum Gasteiger partial charge on any atom is -0.480 e. The molecule has 1 aliphatic carbocycles. The molecule has 1 heterocycles. The standard InChI is InChI=1S/C23H20ClF5N4O3/c1-10(34)21-31-20(32-33(21)12-6-7-12)13-9-18(36-11(2)23(27,28)29)14(8-17(13)26)22(35)30-19-15(24)4-3-5-16(19)25/h3-5,8-12,34H,6-7H2,1-2H3,(H,30,35). The number of nitrogens with one attached hydrogen (secondary N) is 1. The van der Waals surface area contributed by atoms with Crippen LogP contribution >= 0.6 is 11.6 Å². The van der Waals surface area contributed by atoms with Crippen LogP contribution in [-0.4, -0.2) is 38.1 Å². The van der Waals surface area contributed by atoms with Crippen molar-refractivity contribution in [2.24, 2.45) is 0 Å². The number of aromatic nitrogens is 3. The highest BCUT2D eigenvalue weighted by Gasteiger charge is 2.39. The van der Waals surface area contributed by atoms with E-state index in [1.807, 2.05) is 0 Å². The van der Waals surface area contributed by atoms with E-state index in [0.29, 0.717) is 13.0 Å². The third-order valence-corrected chi connectivity index (χ3v) is 5.76. The van der Waals surface area contributed by atoms with Gasteiger partial charge < -0.3 is 15.2 Å². The summed E-state index contributed by atoms with van der Waals surface area (Å²) in [6, 6.07) is 5.07. The molecule has 36 heavy (non-hydrogen) atoms. The second-order valence-electron chi connectivity index (χ2n) is 8.33. The maximum absolute atomic E-state index is 15.2. The van der Waals surface area contributed by atoms with Gasteiger partial charge in [-0.2, -0.15) is 18.3 Å². The van der Waals surface area contributed by atoms with Crippen molar-refractivity contribution in [2.75, 3.05) is 5.32 Å². The number of aliphatic hydroxyl groups excluding tert-OH is 1. The van der Waals surface area contributed by atoms with Crippen molar-refractivity contribution in [1.82, 2.24) is 14.8 Å². The third-order valence-electron chi connectivity index (χ3n) is 5.44. The molecule has 1 saturated carbocycles. The number of carbonyl (C=O) groups is 1. The first kappa shape index (κ1) is 25.8. The van der Waals surface area contributed by atoms with Crippen molar-refractivity contribution in [3.63, 3.8) is 0 Å². The summed E-state index contributed by atoms with van der Waals surface area (Å²) in [5.41, 5.74) is -1.42. The van der Waals surface area contributed by atoms with Crippen molar-refractivity contribution >= 4 is 23.2 Å². The largest absolute Gasteiger partial charge is 0.480 e. The highest BCUT2D eigenvalue weighted by molar-refractivity contribution is 6.34. The van der Waals surface area contributed by atoms with Crippen LogP contribution in [0.25, 0.3) is 11.4 Å². The van der Waals surface area contributed by atoms with Crippen LogP contribution < -0.4 is 10.1 Å². The molecule has 0 saturated heterocycles. The van der Waals surface area contributed by atoms with Gasteiger partial charge in [-0.1, -0.05) is 17.7 Å². The molecule has 0 aliphatic heterocycles. The lowest BCUT2D eigenvalue weighted by Crippen LogP contribution is -2.32. The van der Waals surface area contributed by atoms with Gasteiger partial charge >= 0.3 is 6.18 Å². The molecule has 4 rings (SSSR count). The molecule has 0 bridgehead atoms. The number of halogens is 6. The molecule has 2 N–H and O–H groups in total. The second kappa shape index (κ2) is 9.66. The number of nitrogens with zero attached hydrogens (tertiary/aromatic N) is 3. The van der Waals surface area contributed by atoms with Crippen LogP contribution in [0.3, 0.4) is 0 Å². The van der Waals surface area contributed by atoms with Crippen LogP contribution in [0.1, 0.15) is 55.0 Å². The van der Waals surface area contributed by atoms with Gasteiger partial charge in [-0.3, -0.25) is 4.79 Å². The lowest BCUT2D eigenvalue weighted by atomic mass is 10.1. The minimum absolute atomic E-state index is 0.0320. The topological polar surface area (TPSA) is 89.3 Å². The van der Waals surface area contributed by atoms with E-state index in [4.69, 9.17) is 16.3 Å². The molecule has 192 valence electrons. The highest BCUT2D eigenvalue weighted by atomic mass is 35.5. The number of ether oxygens (including phenoxy) is 1. The molecular formula is C23H20ClF5N4O3. The maximum atomic E-state index is 15.2. The first-order chi connectivity index (χ1) is 16.9. The van der Waals surface area contributed by atoms with E-state index in [9.17, 15) is 27.5 Å². The van der Waals surface area contributed by atoms with Gasteiger partial charge in [0.2, 0.25) is 0 Å². The highest BCUT2D eigenvalue weighted by Crippen LogP contribution is 2.38. The van der Waals surface area contributed by atoms with Crippen LogP contribution in [0.15, 0.2) is 30.3 Å². The minimum atomic E-state index is -4.80. The number of hydrogen-bond acceptors (Lipinski definition) is 5. The molecule has 0 spiro atoms. The van der Waals surface area contributed by atoms with Gasteiger partial charge in [-0.05, 0) is 51.0 Å². The molecule has 1 amide bonds. The van der Waals surface area contributed by atoms with E-state index in [2.05, 4.69) is 15.4 Å².